The van der Waals surface area contributed by atoms with Gasteiger partial charge in [0.15, 0.2) is 0 Å². The van der Waals surface area contributed by atoms with Crippen molar-refractivity contribution in [2.45, 2.75) is 18.9 Å². The molecule has 88 valence electrons. The lowest BCUT2D eigenvalue weighted by Gasteiger charge is -2.27. The topological polar surface area (TPSA) is 29.5 Å². The smallest absolute Gasteiger partial charge is 0.142 e. The van der Waals surface area contributed by atoms with Crippen LogP contribution >= 0.6 is 11.6 Å². The summed E-state index contributed by atoms with van der Waals surface area (Å²) in [6, 6.07) is 4.50. The van der Waals surface area contributed by atoms with Crippen LogP contribution in [0.15, 0.2) is 18.2 Å². The fraction of sp³-hybridized carbons (Fsp3) is 0.500. The zero-order chi connectivity index (χ0) is 11.5. The highest BCUT2D eigenvalue weighted by Gasteiger charge is 2.26. The fourth-order valence-corrected chi connectivity index (χ4v) is 2.26. The molecule has 0 spiro atoms. The van der Waals surface area contributed by atoms with Gasteiger partial charge in [-0.05, 0) is 18.9 Å². The van der Waals surface area contributed by atoms with Crippen LogP contribution in [0, 0.1) is 11.7 Å². The van der Waals surface area contributed by atoms with E-state index in [9.17, 15) is 9.50 Å². The van der Waals surface area contributed by atoms with Crippen LogP contribution in [0.4, 0.5) is 4.39 Å². The average Bonchev–Trinajstić information content (AvgIpc) is 2.33. The second-order valence-electron chi connectivity index (χ2n) is 4.07. The Kier molecular flexibility index (Phi) is 3.79. The third-order valence-corrected chi connectivity index (χ3v) is 3.34. The van der Waals surface area contributed by atoms with E-state index in [4.69, 9.17) is 16.3 Å². The SMILES string of the molecule is OC(c1cccc(F)c1Cl)C1CCCOC1. The molecule has 2 nitrogen and oxygen atoms in total. The molecule has 0 bridgehead atoms. The molecule has 0 amide bonds. The van der Waals surface area contributed by atoms with Crippen molar-refractivity contribution in [3.8, 4) is 0 Å². The van der Waals surface area contributed by atoms with Gasteiger partial charge in [0.1, 0.15) is 5.82 Å². The lowest BCUT2D eigenvalue weighted by Crippen LogP contribution is -2.24. The van der Waals surface area contributed by atoms with Crippen LogP contribution in [-0.4, -0.2) is 18.3 Å². The predicted molar refractivity (Wildman–Crippen MR) is 59.9 cm³/mol. The first kappa shape index (κ1) is 11.8. The van der Waals surface area contributed by atoms with E-state index in [0.29, 0.717) is 12.2 Å². The molecule has 1 aliphatic rings. The monoisotopic (exact) mass is 244 g/mol. The highest BCUT2D eigenvalue weighted by Crippen LogP contribution is 2.33. The Hall–Kier alpha value is -0.640. The second kappa shape index (κ2) is 5.13. The molecule has 1 aromatic rings. The first-order chi connectivity index (χ1) is 7.70. The van der Waals surface area contributed by atoms with Crippen molar-refractivity contribution in [3.63, 3.8) is 0 Å². The molecule has 2 rings (SSSR count). The standard InChI is InChI=1S/C12H14ClFO2/c13-11-9(4-1-5-10(11)14)12(15)8-3-2-6-16-7-8/h1,4-5,8,12,15H,2-3,6-7H2. The van der Waals surface area contributed by atoms with Crippen LogP contribution in [0.1, 0.15) is 24.5 Å². The molecule has 0 aliphatic carbocycles. The number of ether oxygens (including phenoxy) is 1. The van der Waals surface area contributed by atoms with E-state index in [0.717, 1.165) is 19.4 Å². The highest BCUT2D eigenvalue weighted by atomic mass is 35.5. The summed E-state index contributed by atoms with van der Waals surface area (Å²) in [6.45, 7) is 1.24. The summed E-state index contributed by atoms with van der Waals surface area (Å²) in [5.41, 5.74) is 0.456. The first-order valence-electron chi connectivity index (χ1n) is 5.40. The van der Waals surface area contributed by atoms with Gasteiger partial charge < -0.3 is 9.84 Å². The Morgan fingerprint density at radius 2 is 2.31 bits per heavy atom. The maximum absolute atomic E-state index is 13.2. The van der Waals surface area contributed by atoms with Crippen molar-refractivity contribution in [1.82, 2.24) is 0 Å². The van der Waals surface area contributed by atoms with E-state index in [-0.39, 0.29) is 10.9 Å². The molecular weight excluding hydrogens is 231 g/mol. The minimum absolute atomic E-state index is 0.00745. The Bertz CT molecular complexity index is 364. The number of halogens is 2. The lowest BCUT2D eigenvalue weighted by atomic mass is 9.91. The van der Waals surface area contributed by atoms with E-state index in [2.05, 4.69) is 0 Å². The van der Waals surface area contributed by atoms with Gasteiger partial charge in [-0.1, -0.05) is 23.7 Å². The molecule has 1 saturated heterocycles. The molecule has 1 heterocycles. The normalized spacial score (nSPS) is 23.1. The van der Waals surface area contributed by atoms with E-state index in [1.54, 1.807) is 12.1 Å². The maximum atomic E-state index is 13.2. The molecule has 2 atom stereocenters. The van der Waals surface area contributed by atoms with Crippen LogP contribution in [0.25, 0.3) is 0 Å². The van der Waals surface area contributed by atoms with Crippen LogP contribution in [0.2, 0.25) is 5.02 Å². The van der Waals surface area contributed by atoms with Gasteiger partial charge in [0.2, 0.25) is 0 Å². The van der Waals surface area contributed by atoms with Crippen LogP contribution in [0.5, 0.6) is 0 Å². The maximum Gasteiger partial charge on any atom is 0.142 e. The third-order valence-electron chi connectivity index (χ3n) is 2.94. The van der Waals surface area contributed by atoms with E-state index >= 15 is 0 Å². The van der Waals surface area contributed by atoms with Gasteiger partial charge in [0, 0.05) is 18.1 Å². The van der Waals surface area contributed by atoms with Crippen LogP contribution in [0.3, 0.4) is 0 Å². The van der Waals surface area contributed by atoms with Gasteiger partial charge in [-0.3, -0.25) is 0 Å². The summed E-state index contributed by atoms with van der Waals surface area (Å²) >= 11 is 5.83. The van der Waals surface area contributed by atoms with Crippen LogP contribution in [-0.2, 0) is 4.74 Å². The fourth-order valence-electron chi connectivity index (χ4n) is 2.02. The molecule has 0 aromatic heterocycles. The summed E-state index contributed by atoms with van der Waals surface area (Å²) in [7, 11) is 0. The summed E-state index contributed by atoms with van der Waals surface area (Å²) < 4.78 is 18.5. The van der Waals surface area contributed by atoms with Gasteiger partial charge >= 0.3 is 0 Å². The Balaban J connectivity index is 2.19. The molecule has 4 heteroatoms. The summed E-state index contributed by atoms with van der Waals surface area (Å²) in [6.07, 6.45) is 1.06. The van der Waals surface area contributed by atoms with Crippen molar-refractivity contribution in [2.24, 2.45) is 5.92 Å². The van der Waals surface area contributed by atoms with Gasteiger partial charge in [-0.15, -0.1) is 0 Å². The van der Waals surface area contributed by atoms with Crippen molar-refractivity contribution >= 4 is 11.6 Å². The summed E-state index contributed by atoms with van der Waals surface area (Å²) in [5, 5.41) is 10.1. The minimum atomic E-state index is -0.747. The second-order valence-corrected chi connectivity index (χ2v) is 4.44. The van der Waals surface area contributed by atoms with Gasteiger partial charge in [-0.2, -0.15) is 0 Å². The number of hydrogen-bond acceptors (Lipinski definition) is 2. The lowest BCUT2D eigenvalue weighted by molar-refractivity contribution is -0.0100. The van der Waals surface area contributed by atoms with Crippen LogP contribution < -0.4 is 0 Å². The van der Waals surface area contributed by atoms with Crippen molar-refractivity contribution in [1.29, 1.82) is 0 Å². The zero-order valence-corrected chi connectivity index (χ0v) is 9.58. The largest absolute Gasteiger partial charge is 0.388 e. The first-order valence-corrected chi connectivity index (χ1v) is 5.77. The molecule has 1 aliphatic heterocycles. The predicted octanol–water partition coefficient (Wildman–Crippen LogP) is 2.94. The Labute approximate surface area is 99.0 Å². The van der Waals surface area contributed by atoms with Gasteiger partial charge in [0.25, 0.3) is 0 Å². The van der Waals surface area contributed by atoms with Crippen molar-refractivity contribution < 1.29 is 14.2 Å². The molecular formula is C12H14ClFO2. The molecule has 16 heavy (non-hydrogen) atoms. The molecule has 1 N–H and O–H groups in total. The number of hydrogen-bond donors (Lipinski definition) is 1. The van der Waals surface area contributed by atoms with E-state index in [1.807, 2.05) is 0 Å². The third kappa shape index (κ3) is 2.37. The van der Waals surface area contributed by atoms with Crippen molar-refractivity contribution in [2.75, 3.05) is 13.2 Å². The van der Waals surface area contributed by atoms with Gasteiger partial charge in [0.05, 0.1) is 17.7 Å². The summed E-state index contributed by atoms with van der Waals surface area (Å²) in [5.74, 6) is -0.483. The average molecular weight is 245 g/mol. The molecule has 0 saturated carbocycles. The number of benzene rings is 1. The Morgan fingerprint density at radius 3 is 3.00 bits per heavy atom. The summed E-state index contributed by atoms with van der Waals surface area (Å²) in [4.78, 5) is 0. The highest BCUT2D eigenvalue weighted by molar-refractivity contribution is 6.31. The number of rotatable bonds is 2. The molecule has 1 aromatic carbocycles. The van der Waals surface area contributed by atoms with Gasteiger partial charge in [-0.25, -0.2) is 4.39 Å². The number of aliphatic hydroxyl groups is 1. The Morgan fingerprint density at radius 1 is 1.50 bits per heavy atom. The molecule has 0 radical (unpaired) electrons. The van der Waals surface area contributed by atoms with E-state index in [1.165, 1.54) is 6.07 Å². The minimum Gasteiger partial charge on any atom is -0.388 e. The van der Waals surface area contributed by atoms with E-state index < -0.39 is 11.9 Å². The zero-order valence-electron chi connectivity index (χ0n) is 8.83. The molecule has 1 fully saturated rings. The molecule has 2 unspecified atom stereocenters. The quantitative estimate of drug-likeness (QED) is 0.867. The van der Waals surface area contributed by atoms with Crippen molar-refractivity contribution in [3.05, 3.63) is 34.6 Å². The number of aliphatic hydroxyl groups excluding tert-OH is 1.